The zero-order valence-electron chi connectivity index (χ0n) is 16.5. The van der Waals surface area contributed by atoms with Gasteiger partial charge in [0.25, 0.3) is 5.91 Å². The molecule has 4 aromatic rings. The molecule has 0 aromatic heterocycles. The van der Waals surface area contributed by atoms with Crippen molar-refractivity contribution in [3.63, 3.8) is 0 Å². The number of phenolic OH excluding ortho intramolecular Hbond substituents is 2. The molecule has 0 saturated heterocycles. The Hall–Kier alpha value is -4.32. The fourth-order valence-electron chi connectivity index (χ4n) is 3.05. The number of hydrogen-bond acceptors (Lipinski definition) is 5. The summed E-state index contributed by atoms with van der Waals surface area (Å²) < 4.78 is 5.87. The van der Waals surface area contributed by atoms with Crippen LogP contribution in [0.25, 0.3) is 10.8 Å². The van der Waals surface area contributed by atoms with E-state index in [9.17, 15) is 15.0 Å². The maximum atomic E-state index is 12.2. The Balaban J connectivity index is 1.34. The number of nitrogens with zero attached hydrogens (tertiary/aromatic N) is 1. The zero-order valence-corrected chi connectivity index (χ0v) is 16.5. The van der Waals surface area contributed by atoms with Crippen molar-refractivity contribution in [2.75, 3.05) is 0 Å². The summed E-state index contributed by atoms with van der Waals surface area (Å²) in [4.78, 5) is 12.2. The maximum absolute atomic E-state index is 12.2. The lowest BCUT2D eigenvalue weighted by Gasteiger charge is -2.08. The predicted octanol–water partition coefficient (Wildman–Crippen LogP) is 4.59. The summed E-state index contributed by atoms with van der Waals surface area (Å²) in [5.41, 5.74) is 4.05. The van der Waals surface area contributed by atoms with Gasteiger partial charge in [-0.1, -0.05) is 48.5 Å². The molecule has 154 valence electrons. The van der Waals surface area contributed by atoms with E-state index in [0.717, 1.165) is 22.1 Å². The van der Waals surface area contributed by atoms with Gasteiger partial charge in [0.1, 0.15) is 12.4 Å². The first-order valence-electron chi connectivity index (χ1n) is 9.65. The highest BCUT2D eigenvalue weighted by Gasteiger charge is 2.06. The Labute approximate surface area is 179 Å². The monoisotopic (exact) mass is 412 g/mol. The van der Waals surface area contributed by atoms with Gasteiger partial charge in [-0.15, -0.1) is 0 Å². The zero-order chi connectivity index (χ0) is 21.6. The molecule has 0 aliphatic heterocycles. The van der Waals surface area contributed by atoms with Crippen LogP contribution in [-0.2, 0) is 6.61 Å². The Morgan fingerprint density at radius 1 is 0.903 bits per heavy atom. The molecule has 0 spiro atoms. The molecule has 31 heavy (non-hydrogen) atoms. The molecule has 0 bridgehead atoms. The molecule has 3 N–H and O–H groups in total. The molecule has 1 amide bonds. The van der Waals surface area contributed by atoms with E-state index < -0.39 is 5.91 Å². The minimum absolute atomic E-state index is 0.253. The van der Waals surface area contributed by atoms with Crippen molar-refractivity contribution in [3.8, 4) is 17.2 Å². The molecule has 4 aromatic carbocycles. The fraction of sp³-hybridized carbons (Fsp3) is 0.0400. The molecule has 4 rings (SSSR count). The topological polar surface area (TPSA) is 91.2 Å². The number of ether oxygens (including phenoxy) is 1. The van der Waals surface area contributed by atoms with Gasteiger partial charge in [-0.05, 0) is 52.7 Å². The first-order valence-corrected chi connectivity index (χ1v) is 9.65. The average Bonchev–Trinajstić information content (AvgIpc) is 2.80. The second kappa shape index (κ2) is 9.00. The number of para-hydroxylation sites is 1. The summed E-state index contributed by atoms with van der Waals surface area (Å²) >= 11 is 0. The molecule has 0 aliphatic carbocycles. The van der Waals surface area contributed by atoms with Crippen molar-refractivity contribution < 1.29 is 19.7 Å². The molecule has 0 unspecified atom stereocenters. The van der Waals surface area contributed by atoms with Crippen LogP contribution in [0, 0.1) is 0 Å². The van der Waals surface area contributed by atoms with Gasteiger partial charge >= 0.3 is 0 Å². The molecule has 0 fully saturated rings. The number of hydrogen-bond donors (Lipinski definition) is 3. The van der Waals surface area contributed by atoms with Crippen LogP contribution < -0.4 is 10.2 Å². The number of benzene rings is 4. The van der Waals surface area contributed by atoms with Gasteiger partial charge in [0.2, 0.25) is 0 Å². The average molecular weight is 412 g/mol. The normalized spacial score (nSPS) is 11.0. The van der Waals surface area contributed by atoms with Crippen molar-refractivity contribution in [1.82, 2.24) is 5.43 Å². The van der Waals surface area contributed by atoms with Crippen molar-refractivity contribution in [2.24, 2.45) is 5.10 Å². The number of nitrogens with one attached hydrogen (secondary N) is 1. The smallest absolute Gasteiger partial charge is 0.271 e. The highest BCUT2D eigenvalue weighted by molar-refractivity contribution is 5.95. The predicted molar refractivity (Wildman–Crippen MR) is 120 cm³/mol. The van der Waals surface area contributed by atoms with Crippen molar-refractivity contribution in [3.05, 3.63) is 102 Å². The fourth-order valence-corrected chi connectivity index (χ4v) is 3.05. The lowest BCUT2D eigenvalue weighted by molar-refractivity contribution is 0.0955. The van der Waals surface area contributed by atoms with Crippen LogP contribution in [0.5, 0.6) is 17.2 Å². The minimum atomic E-state index is -0.391. The van der Waals surface area contributed by atoms with Gasteiger partial charge in [-0.25, -0.2) is 5.43 Å². The summed E-state index contributed by atoms with van der Waals surface area (Å²) in [5, 5.41) is 25.3. The number of fused-ring (bicyclic) bond motifs is 1. The maximum Gasteiger partial charge on any atom is 0.271 e. The molecule has 6 nitrogen and oxygen atoms in total. The summed E-state index contributed by atoms with van der Waals surface area (Å²) in [6, 6.07) is 25.6. The largest absolute Gasteiger partial charge is 0.504 e. The van der Waals surface area contributed by atoms with Gasteiger partial charge in [-0.2, -0.15) is 5.10 Å². The van der Waals surface area contributed by atoms with E-state index in [1.54, 1.807) is 24.3 Å². The van der Waals surface area contributed by atoms with Gasteiger partial charge in [0.15, 0.2) is 11.5 Å². The highest BCUT2D eigenvalue weighted by atomic mass is 16.5. The van der Waals surface area contributed by atoms with Crippen molar-refractivity contribution in [1.29, 1.82) is 0 Å². The van der Waals surface area contributed by atoms with Crippen LogP contribution in [0.15, 0.2) is 90.0 Å². The van der Waals surface area contributed by atoms with E-state index in [1.807, 2.05) is 48.5 Å². The van der Waals surface area contributed by atoms with E-state index in [1.165, 1.54) is 12.3 Å². The quantitative estimate of drug-likeness (QED) is 0.245. The second-order valence-electron chi connectivity index (χ2n) is 6.91. The van der Waals surface area contributed by atoms with Crippen LogP contribution in [0.1, 0.15) is 21.5 Å². The summed E-state index contributed by atoms with van der Waals surface area (Å²) in [6.45, 7) is 0.384. The van der Waals surface area contributed by atoms with Gasteiger partial charge in [-0.3, -0.25) is 4.79 Å². The molecular formula is C25H20N2O4. The molecule has 0 atom stereocenters. The van der Waals surface area contributed by atoms with Crippen LogP contribution in [-0.4, -0.2) is 22.3 Å². The molecule has 0 heterocycles. The third-order valence-electron chi connectivity index (χ3n) is 4.76. The van der Waals surface area contributed by atoms with Crippen LogP contribution in [0.2, 0.25) is 0 Å². The van der Waals surface area contributed by atoms with Gasteiger partial charge < -0.3 is 14.9 Å². The Morgan fingerprint density at radius 2 is 1.68 bits per heavy atom. The number of phenols is 2. The number of rotatable bonds is 6. The van der Waals surface area contributed by atoms with E-state index >= 15 is 0 Å². The number of aromatic hydroxyl groups is 2. The SMILES string of the molecule is O=C(N/N=C/c1cccc(O)c1O)c1ccc(COc2ccc3ccccc3c2)cc1. The summed E-state index contributed by atoms with van der Waals surface area (Å²) in [5.74, 6) is -0.156. The molecule has 6 heteroatoms. The standard InChI is InChI=1S/C25H20N2O4/c28-23-7-3-6-21(24(23)29)15-26-27-25(30)19-10-8-17(9-11-19)16-31-22-13-12-18-4-1-2-5-20(18)14-22/h1-15,28-29H,16H2,(H,27,30)/b26-15+. The van der Waals surface area contributed by atoms with Gasteiger partial charge in [0.05, 0.1) is 6.21 Å². The van der Waals surface area contributed by atoms with Crippen molar-refractivity contribution in [2.45, 2.75) is 6.61 Å². The van der Waals surface area contributed by atoms with E-state index in [-0.39, 0.29) is 11.5 Å². The Kier molecular flexibility index (Phi) is 5.80. The lowest BCUT2D eigenvalue weighted by Crippen LogP contribution is -2.17. The molecular weight excluding hydrogens is 392 g/mol. The summed E-state index contributed by atoms with van der Waals surface area (Å²) in [7, 11) is 0. The number of carbonyl (C=O) groups excluding carboxylic acids is 1. The minimum Gasteiger partial charge on any atom is -0.504 e. The summed E-state index contributed by atoms with van der Waals surface area (Å²) in [6.07, 6.45) is 1.26. The Bertz CT molecular complexity index is 1250. The number of carbonyl (C=O) groups is 1. The van der Waals surface area contributed by atoms with E-state index in [2.05, 4.69) is 16.6 Å². The van der Waals surface area contributed by atoms with E-state index in [0.29, 0.717) is 17.7 Å². The molecule has 0 saturated carbocycles. The third kappa shape index (κ3) is 4.82. The first-order chi connectivity index (χ1) is 15.1. The van der Waals surface area contributed by atoms with E-state index in [4.69, 9.17) is 4.74 Å². The molecule has 0 radical (unpaired) electrons. The first kappa shape index (κ1) is 20.0. The molecule has 0 aliphatic rings. The van der Waals surface area contributed by atoms with Crippen LogP contribution in [0.3, 0.4) is 0 Å². The highest BCUT2D eigenvalue weighted by Crippen LogP contribution is 2.26. The second-order valence-corrected chi connectivity index (χ2v) is 6.91. The van der Waals surface area contributed by atoms with Crippen molar-refractivity contribution >= 4 is 22.9 Å². The Morgan fingerprint density at radius 3 is 2.48 bits per heavy atom. The van der Waals surface area contributed by atoms with Crippen LogP contribution in [0.4, 0.5) is 0 Å². The third-order valence-corrected chi connectivity index (χ3v) is 4.76. The van der Waals surface area contributed by atoms with Crippen LogP contribution >= 0.6 is 0 Å². The lowest BCUT2D eigenvalue weighted by atomic mass is 10.1. The number of hydrazone groups is 1. The van der Waals surface area contributed by atoms with Gasteiger partial charge in [0, 0.05) is 11.1 Å². The number of amides is 1.